The summed E-state index contributed by atoms with van der Waals surface area (Å²) in [4.78, 5) is 0. The third kappa shape index (κ3) is 3.08. The molecule has 2 rings (SSSR count). The molecule has 0 bridgehead atoms. The van der Waals surface area contributed by atoms with E-state index in [0.717, 1.165) is 3.79 Å². The van der Waals surface area contributed by atoms with Gasteiger partial charge in [-0.05, 0) is 41.9 Å². The molecule has 1 saturated heterocycles. The Morgan fingerprint density at radius 1 is 1.44 bits per heavy atom. The lowest BCUT2D eigenvalue weighted by Crippen LogP contribution is -2.56. The summed E-state index contributed by atoms with van der Waals surface area (Å²) in [5.74, 6) is 0. The second kappa shape index (κ2) is 6.19. The van der Waals surface area contributed by atoms with E-state index in [4.69, 9.17) is 0 Å². The second-order valence-corrected chi connectivity index (χ2v) is 8.74. The van der Waals surface area contributed by atoms with Gasteiger partial charge < -0.3 is 5.32 Å². The van der Waals surface area contributed by atoms with E-state index in [1.807, 2.05) is 13.8 Å². The normalized spacial score (nSPS) is 25.7. The van der Waals surface area contributed by atoms with Crippen LogP contribution in [0.15, 0.2) is 20.1 Å². The highest BCUT2D eigenvalue weighted by atomic mass is 79.9. The number of halogens is 2. The van der Waals surface area contributed by atoms with Crippen LogP contribution in [0.1, 0.15) is 13.8 Å². The Bertz CT molecular complexity index is 506. The van der Waals surface area contributed by atoms with Crippen molar-refractivity contribution in [2.45, 2.75) is 30.1 Å². The number of piperazine rings is 1. The molecule has 0 radical (unpaired) electrons. The predicted octanol–water partition coefficient (Wildman–Crippen LogP) is 2.30. The summed E-state index contributed by atoms with van der Waals surface area (Å²) in [6.07, 6.45) is 0. The van der Waals surface area contributed by atoms with Crippen molar-refractivity contribution >= 4 is 49.7 Å². The first kappa shape index (κ1) is 16.4. The zero-order chi connectivity index (χ0) is 12.6. The van der Waals surface area contributed by atoms with Crippen LogP contribution in [0.25, 0.3) is 0 Å². The third-order valence-electron chi connectivity index (χ3n) is 3.09. The zero-order valence-electron chi connectivity index (χ0n) is 10.1. The predicted molar refractivity (Wildman–Crippen MR) is 80.1 cm³/mol. The van der Waals surface area contributed by atoms with E-state index in [2.05, 4.69) is 21.2 Å². The van der Waals surface area contributed by atoms with Gasteiger partial charge >= 0.3 is 0 Å². The first-order valence-electron chi connectivity index (χ1n) is 5.43. The molecule has 1 aromatic rings. The number of nitrogens with zero attached hydrogens (tertiary/aromatic N) is 1. The van der Waals surface area contributed by atoms with E-state index in [9.17, 15) is 8.42 Å². The van der Waals surface area contributed by atoms with E-state index >= 15 is 0 Å². The van der Waals surface area contributed by atoms with Crippen LogP contribution in [0.5, 0.6) is 0 Å². The van der Waals surface area contributed by atoms with Crippen molar-refractivity contribution < 1.29 is 8.42 Å². The molecule has 0 saturated carbocycles. The summed E-state index contributed by atoms with van der Waals surface area (Å²) >= 11 is 4.56. The minimum absolute atomic E-state index is 0. The molecule has 8 heteroatoms. The Hall–Kier alpha value is 0.340. The quantitative estimate of drug-likeness (QED) is 0.863. The van der Waals surface area contributed by atoms with E-state index in [1.165, 1.54) is 11.3 Å². The monoisotopic (exact) mass is 374 g/mol. The van der Waals surface area contributed by atoms with Gasteiger partial charge in [-0.3, -0.25) is 0 Å². The molecule has 2 unspecified atom stereocenters. The highest BCUT2D eigenvalue weighted by molar-refractivity contribution is 9.11. The van der Waals surface area contributed by atoms with Gasteiger partial charge in [0, 0.05) is 25.2 Å². The van der Waals surface area contributed by atoms with Crippen LogP contribution in [0, 0.1) is 0 Å². The maximum absolute atomic E-state index is 12.4. The minimum Gasteiger partial charge on any atom is -0.311 e. The molecular weight excluding hydrogens is 360 g/mol. The molecule has 18 heavy (non-hydrogen) atoms. The summed E-state index contributed by atoms with van der Waals surface area (Å²) in [6, 6.07) is 3.59. The lowest BCUT2D eigenvalue weighted by atomic mass is 10.1. The fraction of sp³-hybridized carbons (Fsp3) is 0.600. The molecule has 4 nitrogen and oxygen atoms in total. The molecule has 1 fully saturated rings. The number of nitrogens with one attached hydrogen (secondary N) is 1. The lowest BCUT2D eigenvalue weighted by Gasteiger charge is -2.37. The lowest BCUT2D eigenvalue weighted by molar-refractivity contribution is 0.233. The Labute approximate surface area is 126 Å². The van der Waals surface area contributed by atoms with Crippen molar-refractivity contribution in [3.05, 3.63) is 15.9 Å². The van der Waals surface area contributed by atoms with Crippen molar-refractivity contribution in [3.63, 3.8) is 0 Å². The molecule has 0 aromatic carbocycles. The van der Waals surface area contributed by atoms with Gasteiger partial charge in [0.05, 0.1) is 3.79 Å². The number of thiophene rings is 1. The molecule has 1 aliphatic rings. The highest BCUT2D eigenvalue weighted by Gasteiger charge is 2.35. The summed E-state index contributed by atoms with van der Waals surface area (Å²) in [7, 11) is -3.34. The van der Waals surface area contributed by atoms with Crippen LogP contribution in [0.2, 0.25) is 0 Å². The van der Waals surface area contributed by atoms with Crippen molar-refractivity contribution in [2.24, 2.45) is 0 Å². The topological polar surface area (TPSA) is 49.4 Å². The van der Waals surface area contributed by atoms with Crippen LogP contribution >= 0.6 is 39.7 Å². The first-order valence-corrected chi connectivity index (χ1v) is 8.48. The van der Waals surface area contributed by atoms with Gasteiger partial charge in [0.2, 0.25) is 0 Å². The fourth-order valence-electron chi connectivity index (χ4n) is 1.92. The van der Waals surface area contributed by atoms with E-state index < -0.39 is 10.0 Å². The van der Waals surface area contributed by atoms with Crippen molar-refractivity contribution in [1.29, 1.82) is 0 Å². The summed E-state index contributed by atoms with van der Waals surface area (Å²) in [5, 5.41) is 3.28. The maximum Gasteiger partial charge on any atom is 0.252 e. The zero-order valence-corrected chi connectivity index (χ0v) is 14.1. The van der Waals surface area contributed by atoms with Crippen LogP contribution < -0.4 is 5.32 Å². The average Bonchev–Trinajstić information content (AvgIpc) is 2.69. The van der Waals surface area contributed by atoms with Gasteiger partial charge in [-0.25, -0.2) is 8.42 Å². The first-order chi connectivity index (χ1) is 7.93. The smallest absolute Gasteiger partial charge is 0.252 e. The summed E-state index contributed by atoms with van der Waals surface area (Å²) in [6.45, 7) is 5.19. The Balaban J connectivity index is 0.00000162. The molecule has 0 spiro atoms. The summed E-state index contributed by atoms with van der Waals surface area (Å²) in [5.41, 5.74) is 0. The minimum atomic E-state index is -3.34. The van der Waals surface area contributed by atoms with Crippen LogP contribution in [0.4, 0.5) is 0 Å². The highest BCUT2D eigenvalue weighted by Crippen LogP contribution is 2.30. The Morgan fingerprint density at radius 2 is 2.11 bits per heavy atom. The van der Waals surface area contributed by atoms with Gasteiger partial charge in [0.15, 0.2) is 0 Å². The van der Waals surface area contributed by atoms with E-state index in [0.29, 0.717) is 17.3 Å². The SMILES string of the molecule is CC1NCCN(S(=O)(=O)c2ccc(Br)s2)C1C.Cl. The van der Waals surface area contributed by atoms with Gasteiger partial charge in [0.25, 0.3) is 10.0 Å². The number of hydrogen-bond donors (Lipinski definition) is 1. The number of rotatable bonds is 2. The number of hydrogen-bond acceptors (Lipinski definition) is 4. The molecule has 0 aliphatic carbocycles. The van der Waals surface area contributed by atoms with Gasteiger partial charge in [0.1, 0.15) is 4.21 Å². The molecular formula is C10H16BrClN2O2S2. The number of sulfonamides is 1. The van der Waals surface area contributed by atoms with Crippen LogP contribution in [0.3, 0.4) is 0 Å². The molecule has 2 heterocycles. The largest absolute Gasteiger partial charge is 0.311 e. The van der Waals surface area contributed by atoms with Gasteiger partial charge in [-0.15, -0.1) is 23.7 Å². The van der Waals surface area contributed by atoms with Crippen molar-refractivity contribution in [1.82, 2.24) is 9.62 Å². The fourth-order valence-corrected chi connectivity index (χ4v) is 5.76. The summed E-state index contributed by atoms with van der Waals surface area (Å²) < 4.78 is 27.7. The van der Waals surface area contributed by atoms with Crippen LogP contribution in [-0.2, 0) is 10.0 Å². The standard InChI is InChI=1S/C10H15BrN2O2S2.ClH/c1-7-8(2)13(6-5-12-7)17(14,15)10-4-3-9(11)16-10;/h3-4,7-8,12H,5-6H2,1-2H3;1H. The maximum atomic E-state index is 12.4. The second-order valence-electron chi connectivity index (χ2n) is 4.16. The Morgan fingerprint density at radius 3 is 2.67 bits per heavy atom. The molecule has 1 aliphatic heterocycles. The molecule has 104 valence electrons. The van der Waals surface area contributed by atoms with Gasteiger partial charge in [-0.1, -0.05) is 0 Å². The average molecular weight is 376 g/mol. The molecule has 1 aromatic heterocycles. The molecule has 0 amide bonds. The van der Waals surface area contributed by atoms with E-state index in [1.54, 1.807) is 16.4 Å². The third-order valence-corrected chi connectivity index (χ3v) is 7.17. The van der Waals surface area contributed by atoms with Crippen LogP contribution in [-0.4, -0.2) is 37.9 Å². The van der Waals surface area contributed by atoms with Crippen molar-refractivity contribution in [3.8, 4) is 0 Å². The van der Waals surface area contributed by atoms with E-state index in [-0.39, 0.29) is 24.5 Å². The Kier molecular flexibility index (Phi) is 5.64. The molecule has 1 N–H and O–H groups in total. The molecule has 2 atom stereocenters. The van der Waals surface area contributed by atoms with Crippen molar-refractivity contribution in [2.75, 3.05) is 13.1 Å². The van der Waals surface area contributed by atoms with Gasteiger partial charge in [-0.2, -0.15) is 4.31 Å².